The molecule has 2 N–H and O–H groups in total. The summed E-state index contributed by atoms with van der Waals surface area (Å²) >= 11 is 0. The van der Waals surface area contributed by atoms with Crippen LogP contribution in [0.25, 0.3) is 5.52 Å². The van der Waals surface area contributed by atoms with Crippen molar-refractivity contribution in [1.82, 2.24) is 19.9 Å². The first kappa shape index (κ1) is 13.4. The minimum atomic E-state index is 0.326. The molecule has 5 nitrogen and oxygen atoms in total. The Morgan fingerprint density at radius 1 is 1.50 bits per heavy atom. The molecule has 1 unspecified atom stereocenters. The summed E-state index contributed by atoms with van der Waals surface area (Å²) in [6, 6.07) is 2.54. The van der Waals surface area contributed by atoms with Gasteiger partial charge >= 0.3 is 0 Å². The monoisotopic (exact) mass is 273 g/mol. The number of nitrogens with zero attached hydrogens (tertiary/aromatic N) is 3. The maximum atomic E-state index is 4.45. The summed E-state index contributed by atoms with van der Waals surface area (Å²) in [6.45, 7) is 8.68. The van der Waals surface area contributed by atoms with Gasteiger partial charge in [0.25, 0.3) is 0 Å². The number of piperidine rings is 1. The minimum absolute atomic E-state index is 0.326. The van der Waals surface area contributed by atoms with Crippen molar-refractivity contribution >= 4 is 11.3 Å². The van der Waals surface area contributed by atoms with E-state index in [4.69, 9.17) is 0 Å². The van der Waals surface area contributed by atoms with Crippen LogP contribution in [0.2, 0.25) is 0 Å². The first-order valence-electron chi connectivity index (χ1n) is 7.34. The molecule has 2 aromatic heterocycles. The summed E-state index contributed by atoms with van der Waals surface area (Å²) in [5.41, 5.74) is 2.38. The van der Waals surface area contributed by atoms with E-state index in [-0.39, 0.29) is 0 Å². The molecule has 0 amide bonds. The molecule has 1 atom stereocenters. The maximum absolute atomic E-state index is 4.45. The molecule has 1 fully saturated rings. The van der Waals surface area contributed by atoms with Crippen LogP contribution in [-0.4, -0.2) is 33.7 Å². The molecule has 3 heterocycles. The summed E-state index contributed by atoms with van der Waals surface area (Å²) in [4.78, 5) is 4.45. The van der Waals surface area contributed by atoms with Gasteiger partial charge in [-0.3, -0.25) is 0 Å². The maximum Gasteiger partial charge on any atom is 0.152 e. The van der Waals surface area contributed by atoms with Crippen LogP contribution in [-0.2, 0) is 0 Å². The summed E-state index contributed by atoms with van der Waals surface area (Å²) in [5.74, 6) is 0.913. The zero-order valence-electron chi connectivity index (χ0n) is 12.5. The Balaban J connectivity index is 1.76. The molecular formula is C15H23N5. The van der Waals surface area contributed by atoms with Gasteiger partial charge in [0.05, 0.1) is 5.69 Å². The molecule has 3 rings (SSSR count). The van der Waals surface area contributed by atoms with Gasteiger partial charge in [-0.25, -0.2) is 9.50 Å². The second kappa shape index (κ2) is 5.05. The molecule has 0 radical (unpaired) electrons. The van der Waals surface area contributed by atoms with E-state index in [1.54, 1.807) is 6.20 Å². The van der Waals surface area contributed by atoms with Crippen molar-refractivity contribution in [2.24, 2.45) is 5.41 Å². The molecule has 0 aromatic carbocycles. The average molecular weight is 273 g/mol. The highest BCUT2D eigenvalue weighted by Crippen LogP contribution is 2.30. The zero-order valence-corrected chi connectivity index (χ0v) is 12.5. The van der Waals surface area contributed by atoms with E-state index >= 15 is 0 Å². The van der Waals surface area contributed by atoms with Crippen LogP contribution < -0.4 is 10.6 Å². The number of hydrogen-bond acceptors (Lipinski definition) is 4. The van der Waals surface area contributed by atoms with Crippen LogP contribution >= 0.6 is 0 Å². The predicted molar refractivity (Wildman–Crippen MR) is 81.0 cm³/mol. The Morgan fingerprint density at radius 3 is 3.15 bits per heavy atom. The van der Waals surface area contributed by atoms with Crippen LogP contribution in [0.3, 0.4) is 0 Å². The Bertz CT molecular complexity index is 601. The van der Waals surface area contributed by atoms with Crippen molar-refractivity contribution in [1.29, 1.82) is 0 Å². The highest BCUT2D eigenvalue weighted by Gasteiger charge is 2.31. The number of aryl methyl sites for hydroxylation is 1. The van der Waals surface area contributed by atoms with Crippen LogP contribution in [0.1, 0.15) is 32.4 Å². The highest BCUT2D eigenvalue weighted by atomic mass is 15.2. The molecule has 2 aromatic rings. The van der Waals surface area contributed by atoms with E-state index in [2.05, 4.69) is 40.6 Å². The number of nitrogens with one attached hydrogen (secondary N) is 2. The Morgan fingerprint density at radius 2 is 2.35 bits per heavy atom. The second-order valence-electron chi connectivity index (χ2n) is 6.37. The predicted octanol–water partition coefficient (Wildman–Crippen LogP) is 2.23. The smallest absolute Gasteiger partial charge is 0.152 e. The lowest BCUT2D eigenvalue weighted by molar-refractivity contribution is 0.188. The van der Waals surface area contributed by atoms with Crippen molar-refractivity contribution in [3.05, 3.63) is 24.2 Å². The summed E-state index contributed by atoms with van der Waals surface area (Å²) in [6.07, 6.45) is 6.21. The summed E-state index contributed by atoms with van der Waals surface area (Å²) in [7, 11) is 0. The Labute approximate surface area is 119 Å². The topological polar surface area (TPSA) is 54.2 Å². The van der Waals surface area contributed by atoms with E-state index in [0.29, 0.717) is 11.5 Å². The van der Waals surface area contributed by atoms with Crippen LogP contribution in [0.15, 0.2) is 18.5 Å². The number of anilines is 1. The number of rotatable bonds is 3. The van der Waals surface area contributed by atoms with Crippen molar-refractivity contribution in [3.63, 3.8) is 0 Å². The first-order chi connectivity index (χ1) is 9.56. The molecular weight excluding hydrogens is 250 g/mol. The van der Waals surface area contributed by atoms with Gasteiger partial charge in [0.2, 0.25) is 0 Å². The van der Waals surface area contributed by atoms with Gasteiger partial charge in [0, 0.05) is 25.0 Å². The molecule has 1 saturated heterocycles. The van der Waals surface area contributed by atoms with Gasteiger partial charge < -0.3 is 10.6 Å². The quantitative estimate of drug-likeness (QED) is 0.900. The van der Waals surface area contributed by atoms with Crippen molar-refractivity contribution < 1.29 is 0 Å². The van der Waals surface area contributed by atoms with Crippen LogP contribution in [0.5, 0.6) is 0 Å². The first-order valence-corrected chi connectivity index (χ1v) is 7.34. The summed E-state index contributed by atoms with van der Waals surface area (Å²) < 4.78 is 1.88. The SMILES string of the molecule is Cc1cc2c(NCC3NCCCC3(C)C)nccn2n1. The van der Waals surface area contributed by atoms with Gasteiger partial charge in [0.1, 0.15) is 5.52 Å². The van der Waals surface area contributed by atoms with E-state index in [9.17, 15) is 0 Å². The molecule has 0 saturated carbocycles. The molecule has 0 aliphatic carbocycles. The second-order valence-corrected chi connectivity index (χ2v) is 6.37. The van der Waals surface area contributed by atoms with E-state index < -0.39 is 0 Å². The lowest BCUT2D eigenvalue weighted by Crippen LogP contribution is -2.50. The molecule has 1 aliphatic heterocycles. The third-order valence-electron chi connectivity index (χ3n) is 4.32. The van der Waals surface area contributed by atoms with E-state index in [1.165, 1.54) is 12.8 Å². The Hall–Kier alpha value is -1.62. The van der Waals surface area contributed by atoms with Crippen LogP contribution in [0.4, 0.5) is 5.82 Å². The molecule has 1 aliphatic rings. The molecule has 0 spiro atoms. The lowest BCUT2D eigenvalue weighted by Gasteiger charge is -2.39. The molecule has 20 heavy (non-hydrogen) atoms. The van der Waals surface area contributed by atoms with Crippen LogP contribution in [0, 0.1) is 12.3 Å². The van der Waals surface area contributed by atoms with Gasteiger partial charge in [-0.05, 0) is 37.8 Å². The fourth-order valence-electron chi connectivity index (χ4n) is 3.00. The molecule has 5 heteroatoms. The third kappa shape index (κ3) is 2.50. The minimum Gasteiger partial charge on any atom is -0.367 e. The van der Waals surface area contributed by atoms with Crippen molar-refractivity contribution in [3.8, 4) is 0 Å². The average Bonchev–Trinajstić information content (AvgIpc) is 2.78. The Kier molecular flexibility index (Phi) is 3.38. The molecule has 108 valence electrons. The van der Waals surface area contributed by atoms with Crippen molar-refractivity contribution in [2.45, 2.75) is 39.7 Å². The van der Waals surface area contributed by atoms with Gasteiger partial charge in [0.15, 0.2) is 5.82 Å². The lowest BCUT2D eigenvalue weighted by atomic mass is 9.77. The third-order valence-corrected chi connectivity index (χ3v) is 4.32. The van der Waals surface area contributed by atoms with E-state index in [0.717, 1.165) is 30.1 Å². The standard InChI is InChI=1S/C15H23N5/c1-11-9-12-14(17-7-8-20(12)19-11)18-10-13-15(2,3)5-4-6-16-13/h7-9,13,16H,4-6,10H2,1-3H3,(H,17,18). The van der Waals surface area contributed by atoms with E-state index in [1.807, 2.05) is 17.6 Å². The fraction of sp³-hybridized carbons (Fsp3) is 0.600. The number of fused-ring (bicyclic) bond motifs is 1. The van der Waals surface area contributed by atoms with Gasteiger partial charge in [-0.2, -0.15) is 5.10 Å². The fourth-order valence-corrected chi connectivity index (χ4v) is 3.00. The number of hydrogen-bond donors (Lipinski definition) is 2. The van der Waals surface area contributed by atoms with Crippen molar-refractivity contribution in [2.75, 3.05) is 18.4 Å². The zero-order chi connectivity index (χ0) is 14.2. The highest BCUT2D eigenvalue weighted by molar-refractivity contribution is 5.67. The normalized spacial score (nSPS) is 22.1. The van der Waals surface area contributed by atoms with Gasteiger partial charge in [-0.15, -0.1) is 0 Å². The van der Waals surface area contributed by atoms with Gasteiger partial charge in [-0.1, -0.05) is 13.8 Å². The number of aromatic nitrogens is 3. The largest absolute Gasteiger partial charge is 0.367 e. The molecule has 0 bridgehead atoms. The summed E-state index contributed by atoms with van der Waals surface area (Å²) in [5, 5.41) is 11.5.